The lowest BCUT2D eigenvalue weighted by molar-refractivity contribution is 0.794. The summed E-state index contributed by atoms with van der Waals surface area (Å²) < 4.78 is 0. The van der Waals surface area contributed by atoms with Gasteiger partial charge < -0.3 is 0 Å². The van der Waals surface area contributed by atoms with Crippen molar-refractivity contribution in [3.8, 4) is 89.8 Å². The minimum absolute atomic E-state index is 0.348. The Hall–Kier alpha value is -8.08. The van der Waals surface area contributed by atoms with Crippen molar-refractivity contribution in [2.45, 2.75) is 5.41 Å². The predicted molar refractivity (Wildman–Crippen MR) is 247 cm³/mol. The summed E-state index contributed by atoms with van der Waals surface area (Å²) in [7, 11) is 0. The predicted octanol–water partition coefficient (Wildman–Crippen LogP) is 13.6. The average molecular weight is 777 g/mol. The Bertz CT molecular complexity index is 3260. The summed E-state index contributed by atoms with van der Waals surface area (Å²) >= 11 is 0. The third kappa shape index (κ3) is 5.61. The first-order chi connectivity index (χ1) is 30.2. The lowest BCUT2D eigenvalue weighted by atomic mass is 9.70. The van der Waals surface area contributed by atoms with Crippen molar-refractivity contribution >= 4 is 0 Å². The van der Waals surface area contributed by atoms with E-state index in [9.17, 15) is 0 Å². The van der Waals surface area contributed by atoms with Gasteiger partial charge in [-0.15, -0.1) is 0 Å². The monoisotopic (exact) mass is 776 g/mol. The normalized spacial score (nSPS) is 12.7. The van der Waals surface area contributed by atoms with Gasteiger partial charge in [0, 0.05) is 29.1 Å². The maximum atomic E-state index is 5.08. The Kier molecular flexibility index (Phi) is 8.04. The average Bonchev–Trinajstić information content (AvgIpc) is 3.82. The molecule has 61 heavy (non-hydrogen) atoms. The van der Waals surface area contributed by atoms with Gasteiger partial charge in [-0.3, -0.25) is 4.98 Å². The van der Waals surface area contributed by atoms with Gasteiger partial charge in [0.2, 0.25) is 0 Å². The van der Waals surface area contributed by atoms with Gasteiger partial charge in [-0.05, 0) is 108 Å². The van der Waals surface area contributed by atoms with Crippen LogP contribution in [0.4, 0.5) is 0 Å². The van der Waals surface area contributed by atoms with Gasteiger partial charge in [0.25, 0.3) is 0 Å². The quantitative estimate of drug-likeness (QED) is 0.169. The molecule has 0 saturated carbocycles. The van der Waals surface area contributed by atoms with E-state index >= 15 is 0 Å². The number of nitrogens with zero attached hydrogens (tertiary/aromatic N) is 4. The van der Waals surface area contributed by atoms with Crippen molar-refractivity contribution in [2.75, 3.05) is 0 Å². The van der Waals surface area contributed by atoms with Crippen molar-refractivity contribution in [1.82, 2.24) is 19.9 Å². The van der Waals surface area contributed by atoms with Crippen molar-refractivity contribution in [1.29, 1.82) is 0 Å². The Morgan fingerprint density at radius 2 is 0.623 bits per heavy atom. The third-order valence-corrected chi connectivity index (χ3v) is 12.5. The van der Waals surface area contributed by atoms with Gasteiger partial charge in [-0.25, -0.2) is 15.0 Å². The van der Waals surface area contributed by atoms with Crippen molar-refractivity contribution in [2.24, 2.45) is 0 Å². The Morgan fingerprint density at radius 1 is 0.246 bits per heavy atom. The van der Waals surface area contributed by atoms with Crippen molar-refractivity contribution < 1.29 is 0 Å². The molecule has 1 spiro atoms. The summed E-state index contributed by atoms with van der Waals surface area (Å²) in [5.41, 5.74) is 19.9. The first kappa shape index (κ1) is 34.9. The number of hydrogen-bond donors (Lipinski definition) is 0. The molecule has 0 unspecified atom stereocenters. The molecule has 2 heterocycles. The molecule has 8 aromatic carbocycles. The number of aromatic nitrogens is 4. The summed E-state index contributed by atoms with van der Waals surface area (Å²) in [4.78, 5) is 19.3. The molecule has 0 fully saturated rings. The highest BCUT2D eigenvalue weighted by Gasteiger charge is 2.51. The highest BCUT2D eigenvalue weighted by Crippen LogP contribution is 2.63. The van der Waals surface area contributed by atoms with Crippen LogP contribution in [0.5, 0.6) is 0 Å². The lowest BCUT2D eigenvalue weighted by Crippen LogP contribution is -2.25. The number of pyridine rings is 1. The maximum absolute atomic E-state index is 5.08. The van der Waals surface area contributed by atoms with Crippen LogP contribution in [-0.4, -0.2) is 19.9 Å². The van der Waals surface area contributed by atoms with Crippen LogP contribution in [0, 0.1) is 0 Å². The van der Waals surface area contributed by atoms with Crippen LogP contribution >= 0.6 is 0 Å². The smallest absolute Gasteiger partial charge is 0.164 e. The number of rotatable bonds is 6. The second-order valence-corrected chi connectivity index (χ2v) is 15.8. The topological polar surface area (TPSA) is 51.6 Å². The summed E-state index contributed by atoms with van der Waals surface area (Å²) in [6.07, 6.45) is 3.63. The molecule has 10 aromatic rings. The van der Waals surface area contributed by atoms with E-state index in [1.54, 1.807) is 0 Å². The van der Waals surface area contributed by atoms with Crippen LogP contribution in [0.2, 0.25) is 0 Å². The Labute approximate surface area is 354 Å². The first-order valence-electron chi connectivity index (χ1n) is 20.7. The second kappa shape index (κ2) is 14.0. The minimum Gasteiger partial charge on any atom is -0.265 e. The van der Waals surface area contributed by atoms with Crippen LogP contribution in [-0.2, 0) is 5.41 Å². The van der Waals surface area contributed by atoms with Gasteiger partial charge in [0.15, 0.2) is 17.5 Å². The van der Waals surface area contributed by atoms with E-state index in [1.807, 2.05) is 54.9 Å². The SMILES string of the molecule is c1ccc(-c2nc(-c3ccc(-c4ccncc4)cc3)nc(-c3cccc(-c4cccc(-c5ccc6c(c5)-c5ccccc5C65c6ccccc6-c6ccccc65)c4)c3)n2)cc1. The van der Waals surface area contributed by atoms with Crippen molar-refractivity contribution in [3.63, 3.8) is 0 Å². The molecule has 0 radical (unpaired) electrons. The number of benzene rings is 8. The van der Waals surface area contributed by atoms with Crippen LogP contribution in [0.25, 0.3) is 89.8 Å². The van der Waals surface area contributed by atoms with E-state index in [0.717, 1.165) is 38.9 Å². The molecule has 0 saturated heterocycles. The van der Waals surface area contributed by atoms with Gasteiger partial charge in [0.05, 0.1) is 5.41 Å². The van der Waals surface area contributed by atoms with Gasteiger partial charge in [-0.1, -0.05) is 176 Å². The van der Waals surface area contributed by atoms with Crippen molar-refractivity contribution in [3.05, 3.63) is 241 Å². The number of fused-ring (bicyclic) bond motifs is 10. The van der Waals surface area contributed by atoms with E-state index in [2.05, 4.69) is 169 Å². The molecule has 284 valence electrons. The van der Waals surface area contributed by atoms with E-state index in [4.69, 9.17) is 15.0 Å². The van der Waals surface area contributed by atoms with Gasteiger partial charge in [-0.2, -0.15) is 0 Å². The second-order valence-electron chi connectivity index (χ2n) is 15.8. The summed E-state index contributed by atoms with van der Waals surface area (Å²) in [5, 5.41) is 0. The molecule has 2 aliphatic rings. The molecule has 12 rings (SSSR count). The molecule has 0 bridgehead atoms. The van der Waals surface area contributed by atoms with E-state index in [-0.39, 0.29) is 5.41 Å². The molecule has 4 heteroatoms. The van der Waals surface area contributed by atoms with Crippen LogP contribution in [0.15, 0.2) is 219 Å². The molecular weight excluding hydrogens is 741 g/mol. The van der Waals surface area contributed by atoms with Crippen LogP contribution in [0.3, 0.4) is 0 Å². The Morgan fingerprint density at radius 3 is 1.21 bits per heavy atom. The molecule has 0 aliphatic heterocycles. The van der Waals surface area contributed by atoms with Gasteiger partial charge in [0.1, 0.15) is 0 Å². The summed E-state index contributed by atoms with van der Waals surface area (Å²) in [6, 6.07) is 73.9. The highest BCUT2D eigenvalue weighted by molar-refractivity contribution is 5.96. The fourth-order valence-corrected chi connectivity index (χ4v) is 9.70. The molecule has 2 aliphatic carbocycles. The zero-order valence-electron chi connectivity index (χ0n) is 33.1. The fourth-order valence-electron chi connectivity index (χ4n) is 9.70. The van der Waals surface area contributed by atoms with E-state index < -0.39 is 0 Å². The lowest BCUT2D eigenvalue weighted by Gasteiger charge is -2.30. The summed E-state index contributed by atoms with van der Waals surface area (Å²) in [6.45, 7) is 0. The first-order valence-corrected chi connectivity index (χ1v) is 20.7. The molecule has 0 atom stereocenters. The fraction of sp³-hybridized carbons (Fsp3) is 0.0175. The maximum Gasteiger partial charge on any atom is 0.164 e. The Balaban J connectivity index is 0.928. The molecule has 2 aromatic heterocycles. The zero-order valence-corrected chi connectivity index (χ0v) is 33.1. The van der Waals surface area contributed by atoms with E-state index in [1.165, 1.54) is 55.6 Å². The molecule has 0 N–H and O–H groups in total. The largest absolute Gasteiger partial charge is 0.265 e. The number of hydrogen-bond acceptors (Lipinski definition) is 4. The molecule has 0 amide bonds. The minimum atomic E-state index is -0.348. The zero-order chi connectivity index (χ0) is 40.3. The van der Waals surface area contributed by atoms with Gasteiger partial charge >= 0.3 is 0 Å². The van der Waals surface area contributed by atoms with Crippen LogP contribution in [0.1, 0.15) is 22.3 Å². The molecule has 4 nitrogen and oxygen atoms in total. The third-order valence-electron chi connectivity index (χ3n) is 12.5. The summed E-state index contributed by atoms with van der Waals surface area (Å²) in [5.74, 6) is 1.89. The molecular formula is C57H36N4. The highest BCUT2D eigenvalue weighted by atomic mass is 15.0. The standard InChI is InChI=1S/C57H36N4/c1-2-12-39(13-3-1)54-59-55(40-26-24-37(25-27-40)38-30-32-58-33-31-38)61-56(60-54)45-17-11-16-43(35-45)41-14-10-15-42(34-41)44-28-29-53-49(36-44)48-20-6-9-23-52(48)57(53)50-21-7-4-18-46(50)47-19-5-8-22-51(47)57/h1-36H. The van der Waals surface area contributed by atoms with Crippen LogP contribution < -0.4 is 0 Å². The van der Waals surface area contributed by atoms with E-state index in [0.29, 0.717) is 17.5 Å².